The maximum atomic E-state index is 12.5. The van der Waals surface area contributed by atoms with Crippen molar-refractivity contribution in [3.63, 3.8) is 0 Å². The van der Waals surface area contributed by atoms with Gasteiger partial charge in [-0.25, -0.2) is 4.79 Å². The summed E-state index contributed by atoms with van der Waals surface area (Å²) in [6.07, 6.45) is 6.84. The molecule has 0 radical (unpaired) electrons. The third kappa shape index (κ3) is 3.01. The van der Waals surface area contributed by atoms with E-state index in [-0.39, 0.29) is 6.03 Å². The van der Waals surface area contributed by atoms with Gasteiger partial charge < -0.3 is 14.9 Å². The van der Waals surface area contributed by atoms with E-state index in [2.05, 4.69) is 0 Å². The van der Waals surface area contributed by atoms with Crippen LogP contribution in [0.15, 0.2) is 0 Å². The van der Waals surface area contributed by atoms with Crippen LogP contribution in [0.2, 0.25) is 0 Å². The molecule has 0 spiro atoms. The monoisotopic (exact) mass is 294 g/mol. The van der Waals surface area contributed by atoms with E-state index in [1.54, 1.807) is 4.90 Å². The van der Waals surface area contributed by atoms with Gasteiger partial charge in [-0.2, -0.15) is 0 Å². The van der Waals surface area contributed by atoms with Gasteiger partial charge in [0.25, 0.3) is 0 Å². The number of rotatable bonds is 3. The van der Waals surface area contributed by atoms with Gasteiger partial charge in [0.2, 0.25) is 0 Å². The third-order valence-electron chi connectivity index (χ3n) is 5.76. The predicted octanol–water partition coefficient (Wildman–Crippen LogP) is 2.27. The summed E-state index contributed by atoms with van der Waals surface area (Å²) in [7, 11) is 1.87. The second-order valence-corrected chi connectivity index (χ2v) is 7.22. The first-order valence-corrected chi connectivity index (χ1v) is 8.27. The summed E-state index contributed by atoms with van der Waals surface area (Å²) in [5.74, 6) is 1.22. The minimum absolute atomic E-state index is 0.0173. The van der Waals surface area contributed by atoms with Crippen molar-refractivity contribution < 1.29 is 14.7 Å². The molecule has 2 bridgehead atoms. The van der Waals surface area contributed by atoms with E-state index in [0.717, 1.165) is 24.8 Å². The smallest absolute Gasteiger partial charge is 0.319 e. The molecule has 1 aliphatic heterocycles. The molecule has 5 heteroatoms. The fourth-order valence-corrected chi connectivity index (χ4v) is 4.62. The van der Waals surface area contributed by atoms with Crippen LogP contribution in [0.1, 0.15) is 38.5 Å². The van der Waals surface area contributed by atoms with Crippen molar-refractivity contribution >= 4 is 12.0 Å². The van der Waals surface area contributed by atoms with Gasteiger partial charge in [-0.15, -0.1) is 0 Å². The lowest BCUT2D eigenvalue weighted by Gasteiger charge is -2.35. The summed E-state index contributed by atoms with van der Waals surface area (Å²) in [6, 6.07) is 0.0173. The molecule has 5 nitrogen and oxygen atoms in total. The lowest BCUT2D eigenvalue weighted by molar-refractivity contribution is -0.143. The van der Waals surface area contributed by atoms with Gasteiger partial charge in [-0.3, -0.25) is 4.79 Å². The molecule has 1 N–H and O–H groups in total. The molecule has 2 amide bonds. The largest absolute Gasteiger partial charge is 0.481 e. The molecule has 3 fully saturated rings. The van der Waals surface area contributed by atoms with Gasteiger partial charge in [-0.05, 0) is 49.9 Å². The summed E-state index contributed by atoms with van der Waals surface area (Å²) < 4.78 is 0. The molecule has 3 rings (SSSR count). The Bertz CT molecular complexity index is 426. The van der Waals surface area contributed by atoms with Crippen molar-refractivity contribution in [3.8, 4) is 0 Å². The Balaban J connectivity index is 1.53. The van der Waals surface area contributed by atoms with Gasteiger partial charge in [0.1, 0.15) is 0 Å². The number of nitrogens with zero attached hydrogens (tertiary/aromatic N) is 2. The number of likely N-dealkylation sites (tertiary alicyclic amines) is 1. The molecule has 21 heavy (non-hydrogen) atoms. The summed E-state index contributed by atoms with van der Waals surface area (Å²) >= 11 is 0. The SMILES string of the molecule is CN(CC1CC2CCC1C2)C(=O)N1CCC[C@H](C(=O)O)C1. The third-order valence-corrected chi connectivity index (χ3v) is 5.76. The van der Waals surface area contributed by atoms with Crippen molar-refractivity contribution in [2.24, 2.45) is 23.7 Å². The van der Waals surface area contributed by atoms with Crippen LogP contribution in [0.25, 0.3) is 0 Å². The molecule has 3 aliphatic rings. The molecule has 0 aromatic heterocycles. The Labute approximate surface area is 126 Å². The molecular formula is C16H26N2O3. The number of aliphatic carboxylic acids is 1. The minimum atomic E-state index is -0.775. The predicted molar refractivity (Wildman–Crippen MR) is 78.9 cm³/mol. The van der Waals surface area contributed by atoms with Gasteiger partial charge in [0.05, 0.1) is 5.92 Å². The van der Waals surface area contributed by atoms with Crippen LogP contribution in [0, 0.1) is 23.7 Å². The molecule has 1 saturated heterocycles. The van der Waals surface area contributed by atoms with Crippen LogP contribution in [-0.4, -0.2) is 53.6 Å². The van der Waals surface area contributed by atoms with Crippen molar-refractivity contribution in [3.05, 3.63) is 0 Å². The Morgan fingerprint density at radius 1 is 1.24 bits per heavy atom. The van der Waals surface area contributed by atoms with E-state index in [9.17, 15) is 9.59 Å². The van der Waals surface area contributed by atoms with Crippen molar-refractivity contribution in [2.45, 2.75) is 38.5 Å². The standard InChI is InChI=1S/C16H26N2O3/c1-17(9-14-8-11-4-5-12(14)7-11)16(21)18-6-2-3-13(10-18)15(19)20/h11-14H,2-10H2,1H3,(H,19,20)/t11?,12?,13-,14?/m0/s1. The first-order valence-electron chi connectivity index (χ1n) is 8.27. The van der Waals surface area contributed by atoms with E-state index >= 15 is 0 Å². The number of carboxylic acid groups (broad SMARTS) is 1. The molecule has 2 saturated carbocycles. The van der Waals surface area contributed by atoms with Gasteiger partial charge in [-0.1, -0.05) is 6.42 Å². The number of hydrogen-bond donors (Lipinski definition) is 1. The Hall–Kier alpha value is -1.26. The quantitative estimate of drug-likeness (QED) is 0.868. The van der Waals surface area contributed by atoms with Crippen LogP contribution < -0.4 is 0 Å². The fraction of sp³-hybridized carbons (Fsp3) is 0.875. The average Bonchev–Trinajstić information content (AvgIpc) is 3.09. The zero-order chi connectivity index (χ0) is 15.0. The molecule has 4 atom stereocenters. The molecule has 118 valence electrons. The molecule has 1 heterocycles. The van der Waals surface area contributed by atoms with Crippen LogP contribution >= 0.6 is 0 Å². The number of urea groups is 1. The van der Waals surface area contributed by atoms with E-state index in [1.807, 2.05) is 11.9 Å². The number of carbonyl (C=O) groups excluding carboxylic acids is 1. The summed E-state index contributed by atoms with van der Waals surface area (Å²) in [5.41, 5.74) is 0. The van der Waals surface area contributed by atoms with Gasteiger partial charge >= 0.3 is 12.0 Å². The van der Waals surface area contributed by atoms with E-state index in [0.29, 0.717) is 25.4 Å². The minimum Gasteiger partial charge on any atom is -0.481 e. The molecule has 3 unspecified atom stereocenters. The second-order valence-electron chi connectivity index (χ2n) is 7.22. The Morgan fingerprint density at radius 3 is 2.67 bits per heavy atom. The maximum absolute atomic E-state index is 12.5. The second kappa shape index (κ2) is 5.85. The maximum Gasteiger partial charge on any atom is 0.319 e. The Kier molecular flexibility index (Phi) is 4.09. The zero-order valence-electron chi connectivity index (χ0n) is 12.8. The topological polar surface area (TPSA) is 60.9 Å². The lowest BCUT2D eigenvalue weighted by atomic mass is 9.88. The van der Waals surface area contributed by atoms with Gasteiger partial charge in [0, 0.05) is 26.7 Å². The van der Waals surface area contributed by atoms with Crippen molar-refractivity contribution in [2.75, 3.05) is 26.7 Å². The molecular weight excluding hydrogens is 268 g/mol. The van der Waals surface area contributed by atoms with Crippen LogP contribution in [0.3, 0.4) is 0 Å². The number of hydrogen-bond acceptors (Lipinski definition) is 2. The first kappa shape index (κ1) is 14.7. The zero-order valence-corrected chi connectivity index (χ0v) is 12.8. The summed E-state index contributed by atoms with van der Waals surface area (Å²) in [5, 5.41) is 9.13. The summed E-state index contributed by atoms with van der Waals surface area (Å²) in [4.78, 5) is 27.2. The van der Waals surface area contributed by atoms with Crippen molar-refractivity contribution in [1.29, 1.82) is 0 Å². The number of carbonyl (C=O) groups is 2. The lowest BCUT2D eigenvalue weighted by Crippen LogP contribution is -2.48. The average molecular weight is 294 g/mol. The number of piperidine rings is 1. The molecule has 0 aromatic carbocycles. The highest BCUT2D eigenvalue weighted by Gasteiger charge is 2.40. The van der Waals surface area contributed by atoms with E-state index in [4.69, 9.17) is 5.11 Å². The summed E-state index contributed by atoms with van der Waals surface area (Å²) in [6.45, 7) is 1.91. The van der Waals surface area contributed by atoms with Crippen LogP contribution in [0.4, 0.5) is 4.79 Å². The van der Waals surface area contributed by atoms with E-state index in [1.165, 1.54) is 25.7 Å². The van der Waals surface area contributed by atoms with Crippen molar-refractivity contribution in [1.82, 2.24) is 9.80 Å². The normalized spacial score (nSPS) is 35.0. The highest BCUT2D eigenvalue weighted by Crippen LogP contribution is 2.48. The molecule has 0 aromatic rings. The fourth-order valence-electron chi connectivity index (χ4n) is 4.62. The number of carboxylic acids is 1. The number of amides is 2. The number of fused-ring (bicyclic) bond motifs is 2. The van der Waals surface area contributed by atoms with E-state index < -0.39 is 11.9 Å². The highest BCUT2D eigenvalue weighted by atomic mass is 16.4. The van der Waals surface area contributed by atoms with Crippen LogP contribution in [-0.2, 0) is 4.79 Å². The van der Waals surface area contributed by atoms with Gasteiger partial charge in [0.15, 0.2) is 0 Å². The van der Waals surface area contributed by atoms with Crippen LogP contribution in [0.5, 0.6) is 0 Å². The first-order chi connectivity index (χ1) is 10.0. The molecule has 2 aliphatic carbocycles. The highest BCUT2D eigenvalue weighted by molar-refractivity contribution is 5.76. The Morgan fingerprint density at radius 2 is 2.05 bits per heavy atom.